The SMILES string of the molecule is O=C(NC1Cc2ccccc2C1)c1nnc(Nc2ccccc2N2CCOC2=O)o1. The number of carbonyl (C=O) groups is 2. The van der Waals surface area contributed by atoms with E-state index in [1.165, 1.54) is 16.0 Å². The van der Waals surface area contributed by atoms with Crippen LogP contribution >= 0.6 is 0 Å². The van der Waals surface area contributed by atoms with Gasteiger partial charge in [0.2, 0.25) is 0 Å². The summed E-state index contributed by atoms with van der Waals surface area (Å²) in [5.74, 6) is -0.531. The summed E-state index contributed by atoms with van der Waals surface area (Å²) in [6.45, 7) is 0.794. The Kier molecular flexibility index (Phi) is 4.55. The maximum Gasteiger partial charge on any atom is 0.414 e. The van der Waals surface area contributed by atoms with Crippen molar-refractivity contribution >= 4 is 29.4 Å². The molecule has 0 radical (unpaired) electrons. The minimum absolute atomic E-state index is 0.000106. The van der Waals surface area contributed by atoms with Crippen LogP contribution in [0.5, 0.6) is 0 Å². The van der Waals surface area contributed by atoms with Gasteiger partial charge in [0.15, 0.2) is 0 Å². The molecule has 1 saturated heterocycles. The molecule has 9 heteroatoms. The van der Waals surface area contributed by atoms with E-state index >= 15 is 0 Å². The highest BCUT2D eigenvalue weighted by atomic mass is 16.6. The zero-order valence-corrected chi connectivity index (χ0v) is 16.0. The smallest absolute Gasteiger partial charge is 0.414 e. The monoisotopic (exact) mass is 405 g/mol. The number of fused-ring (bicyclic) bond motifs is 1. The molecule has 2 N–H and O–H groups in total. The second-order valence-corrected chi connectivity index (χ2v) is 7.17. The molecule has 0 spiro atoms. The number of hydrogen-bond donors (Lipinski definition) is 2. The Balaban J connectivity index is 1.27. The highest BCUT2D eigenvalue weighted by Crippen LogP contribution is 2.30. The lowest BCUT2D eigenvalue weighted by molar-refractivity contribution is 0.0904. The molecule has 1 aliphatic carbocycles. The second kappa shape index (κ2) is 7.51. The van der Waals surface area contributed by atoms with E-state index in [1.54, 1.807) is 12.1 Å². The Morgan fingerprint density at radius 3 is 2.50 bits per heavy atom. The number of aromatic nitrogens is 2. The molecular formula is C21H19N5O4. The Hall–Kier alpha value is -3.88. The predicted molar refractivity (Wildman–Crippen MR) is 108 cm³/mol. The molecule has 2 aromatic carbocycles. The number of ether oxygens (including phenoxy) is 1. The summed E-state index contributed by atoms with van der Waals surface area (Å²) in [6.07, 6.45) is 1.15. The number of hydrogen-bond acceptors (Lipinski definition) is 7. The fourth-order valence-electron chi connectivity index (χ4n) is 3.82. The normalized spacial score (nSPS) is 15.7. The van der Waals surface area contributed by atoms with Gasteiger partial charge in [0.25, 0.3) is 0 Å². The molecule has 0 saturated carbocycles. The van der Waals surface area contributed by atoms with Crippen molar-refractivity contribution in [3.63, 3.8) is 0 Å². The van der Waals surface area contributed by atoms with Crippen LogP contribution in [0.4, 0.5) is 22.2 Å². The number of nitrogens with one attached hydrogen (secondary N) is 2. The summed E-state index contributed by atoms with van der Waals surface area (Å²) < 4.78 is 10.5. The number of carbonyl (C=O) groups excluding carboxylic acids is 2. The first-order chi connectivity index (χ1) is 14.7. The van der Waals surface area contributed by atoms with Gasteiger partial charge in [-0.25, -0.2) is 4.79 Å². The molecule has 2 amide bonds. The van der Waals surface area contributed by atoms with Crippen molar-refractivity contribution in [2.45, 2.75) is 18.9 Å². The molecule has 1 fully saturated rings. The Morgan fingerprint density at radius 1 is 1.03 bits per heavy atom. The lowest BCUT2D eigenvalue weighted by atomic mass is 10.1. The molecule has 9 nitrogen and oxygen atoms in total. The number of cyclic esters (lactones) is 1. The summed E-state index contributed by atoms with van der Waals surface area (Å²) in [6, 6.07) is 15.4. The highest BCUT2D eigenvalue weighted by molar-refractivity contribution is 5.94. The third-order valence-corrected chi connectivity index (χ3v) is 5.20. The molecule has 152 valence electrons. The van der Waals surface area contributed by atoms with E-state index < -0.39 is 12.0 Å². The molecule has 0 atom stereocenters. The number of benzene rings is 2. The van der Waals surface area contributed by atoms with Crippen LogP contribution in [0.2, 0.25) is 0 Å². The third-order valence-electron chi connectivity index (χ3n) is 5.20. The zero-order chi connectivity index (χ0) is 20.5. The van der Waals surface area contributed by atoms with E-state index in [0.717, 1.165) is 12.8 Å². The van der Waals surface area contributed by atoms with Crippen molar-refractivity contribution < 1.29 is 18.7 Å². The Labute approximate surface area is 172 Å². The highest BCUT2D eigenvalue weighted by Gasteiger charge is 2.27. The zero-order valence-electron chi connectivity index (χ0n) is 16.0. The molecular weight excluding hydrogens is 386 g/mol. The van der Waals surface area contributed by atoms with E-state index in [1.807, 2.05) is 24.3 Å². The molecule has 5 rings (SSSR count). The van der Waals surface area contributed by atoms with Crippen molar-refractivity contribution in [3.8, 4) is 0 Å². The van der Waals surface area contributed by atoms with Crippen molar-refractivity contribution in [1.82, 2.24) is 15.5 Å². The summed E-state index contributed by atoms with van der Waals surface area (Å²) in [5.41, 5.74) is 3.71. The van der Waals surface area contributed by atoms with Crippen molar-refractivity contribution in [2.75, 3.05) is 23.4 Å². The van der Waals surface area contributed by atoms with Gasteiger partial charge in [-0.2, -0.15) is 0 Å². The van der Waals surface area contributed by atoms with Crippen LogP contribution in [-0.2, 0) is 17.6 Å². The van der Waals surface area contributed by atoms with Gasteiger partial charge >= 0.3 is 23.9 Å². The van der Waals surface area contributed by atoms with E-state index in [4.69, 9.17) is 9.15 Å². The number of amides is 2. The van der Waals surface area contributed by atoms with E-state index in [0.29, 0.717) is 24.5 Å². The predicted octanol–water partition coefficient (Wildman–Crippen LogP) is 2.67. The number of para-hydroxylation sites is 2. The quantitative estimate of drug-likeness (QED) is 0.671. The van der Waals surface area contributed by atoms with Crippen LogP contribution < -0.4 is 15.5 Å². The summed E-state index contributed by atoms with van der Waals surface area (Å²) >= 11 is 0. The minimum atomic E-state index is -0.412. The van der Waals surface area contributed by atoms with Crippen LogP contribution in [0.15, 0.2) is 52.9 Å². The van der Waals surface area contributed by atoms with Gasteiger partial charge in [0.1, 0.15) is 6.61 Å². The van der Waals surface area contributed by atoms with Gasteiger partial charge in [-0.15, -0.1) is 5.10 Å². The fraction of sp³-hybridized carbons (Fsp3) is 0.238. The van der Waals surface area contributed by atoms with Crippen molar-refractivity contribution in [2.24, 2.45) is 0 Å². The fourth-order valence-corrected chi connectivity index (χ4v) is 3.82. The lowest BCUT2D eigenvalue weighted by Crippen LogP contribution is -2.35. The summed E-state index contributed by atoms with van der Waals surface area (Å²) in [7, 11) is 0. The van der Waals surface area contributed by atoms with Crippen LogP contribution in [0.3, 0.4) is 0 Å². The first kappa shape index (κ1) is 18.2. The van der Waals surface area contributed by atoms with Gasteiger partial charge in [0, 0.05) is 6.04 Å². The molecule has 0 unspecified atom stereocenters. The third kappa shape index (κ3) is 3.45. The molecule has 2 heterocycles. The van der Waals surface area contributed by atoms with Crippen LogP contribution in [-0.4, -0.2) is 41.4 Å². The molecule has 2 aliphatic rings. The maximum absolute atomic E-state index is 12.5. The minimum Gasteiger partial charge on any atom is -0.447 e. The second-order valence-electron chi connectivity index (χ2n) is 7.17. The standard InChI is InChI=1S/C21H19N5O4/c27-18(22-15-11-13-5-1-2-6-14(13)12-15)19-24-25-20(30-19)23-16-7-3-4-8-17(16)26-9-10-29-21(26)28/h1-8,15H,9-12H2,(H,22,27)(H,23,25). The molecule has 3 aromatic rings. The first-order valence-corrected chi connectivity index (χ1v) is 9.69. The molecule has 0 bridgehead atoms. The largest absolute Gasteiger partial charge is 0.447 e. The van der Waals surface area contributed by atoms with Crippen LogP contribution in [0.1, 0.15) is 21.8 Å². The average Bonchev–Trinajstić information content (AvgIpc) is 3.48. The van der Waals surface area contributed by atoms with Crippen LogP contribution in [0, 0.1) is 0 Å². The summed E-state index contributed by atoms with van der Waals surface area (Å²) in [4.78, 5) is 25.9. The van der Waals surface area contributed by atoms with Crippen molar-refractivity contribution in [3.05, 3.63) is 65.5 Å². The van der Waals surface area contributed by atoms with Gasteiger partial charge in [-0.3, -0.25) is 9.69 Å². The lowest BCUT2D eigenvalue weighted by Gasteiger charge is -2.16. The van der Waals surface area contributed by atoms with Crippen molar-refractivity contribution in [1.29, 1.82) is 0 Å². The van der Waals surface area contributed by atoms with E-state index in [9.17, 15) is 9.59 Å². The van der Waals surface area contributed by atoms with Gasteiger partial charge in [0.05, 0.1) is 17.9 Å². The number of nitrogens with zero attached hydrogens (tertiary/aromatic N) is 3. The first-order valence-electron chi connectivity index (χ1n) is 9.69. The molecule has 30 heavy (non-hydrogen) atoms. The number of anilines is 3. The van der Waals surface area contributed by atoms with E-state index in [2.05, 4.69) is 33.0 Å². The van der Waals surface area contributed by atoms with Crippen LogP contribution in [0.25, 0.3) is 0 Å². The van der Waals surface area contributed by atoms with E-state index in [-0.39, 0.29) is 17.9 Å². The van der Waals surface area contributed by atoms with Gasteiger partial charge in [-0.1, -0.05) is 41.5 Å². The van der Waals surface area contributed by atoms with Gasteiger partial charge in [-0.05, 0) is 36.1 Å². The summed E-state index contributed by atoms with van der Waals surface area (Å²) in [5, 5.41) is 13.7. The maximum atomic E-state index is 12.5. The van der Waals surface area contributed by atoms with Gasteiger partial charge < -0.3 is 19.8 Å². The Bertz CT molecular complexity index is 1090. The topological polar surface area (TPSA) is 110 Å². The molecule has 1 aliphatic heterocycles. The molecule has 1 aromatic heterocycles. The average molecular weight is 405 g/mol. The Morgan fingerprint density at radius 2 is 1.77 bits per heavy atom. The number of rotatable bonds is 5.